The fourth-order valence-electron chi connectivity index (χ4n) is 4.34. The van der Waals surface area contributed by atoms with Crippen molar-refractivity contribution < 1.29 is 14.3 Å². The monoisotopic (exact) mass is 470 g/mol. The normalized spacial score (nSPS) is 17.2. The summed E-state index contributed by atoms with van der Waals surface area (Å²) in [6, 6.07) is 11.0. The minimum absolute atomic E-state index is 0. The van der Waals surface area contributed by atoms with Crippen LogP contribution in [-0.4, -0.2) is 30.1 Å². The lowest BCUT2D eigenvalue weighted by Crippen LogP contribution is -2.33. The number of aromatic nitrogens is 1. The van der Waals surface area contributed by atoms with Gasteiger partial charge in [0.15, 0.2) is 0 Å². The van der Waals surface area contributed by atoms with Gasteiger partial charge in [-0.2, -0.15) is 0 Å². The number of pyridine rings is 1. The molecule has 1 fully saturated rings. The van der Waals surface area contributed by atoms with Crippen molar-refractivity contribution >= 4 is 35.8 Å². The van der Waals surface area contributed by atoms with E-state index in [9.17, 15) is 9.59 Å². The predicted octanol–water partition coefficient (Wildman–Crippen LogP) is 5.23. The van der Waals surface area contributed by atoms with Crippen LogP contribution in [0.2, 0.25) is 0 Å². The smallest absolute Gasteiger partial charge is 0.412 e. The molecule has 7 nitrogen and oxygen atoms in total. The quantitative estimate of drug-likeness (QED) is 0.537. The fourth-order valence-corrected chi connectivity index (χ4v) is 4.34. The molecule has 1 atom stereocenters. The number of para-hydroxylation sites is 2. The van der Waals surface area contributed by atoms with Gasteiger partial charge in [-0.25, -0.2) is 4.79 Å². The van der Waals surface area contributed by atoms with Crippen LogP contribution >= 0.6 is 12.4 Å². The highest BCUT2D eigenvalue weighted by Gasteiger charge is 2.28. The second-order valence-corrected chi connectivity index (χ2v) is 8.29. The van der Waals surface area contributed by atoms with Crippen molar-refractivity contribution in [3.63, 3.8) is 0 Å². The van der Waals surface area contributed by atoms with E-state index in [-0.39, 0.29) is 30.3 Å². The molecule has 4 rings (SSSR count). The van der Waals surface area contributed by atoms with E-state index in [1.54, 1.807) is 24.5 Å². The van der Waals surface area contributed by atoms with E-state index < -0.39 is 6.09 Å². The summed E-state index contributed by atoms with van der Waals surface area (Å²) in [7, 11) is 0. The molecular weight excluding hydrogens is 440 g/mol. The molecule has 1 saturated heterocycles. The van der Waals surface area contributed by atoms with Crippen molar-refractivity contribution in [3.8, 4) is 0 Å². The maximum Gasteiger partial charge on any atom is 0.412 e. The van der Waals surface area contributed by atoms with Gasteiger partial charge in [0.2, 0.25) is 0 Å². The zero-order chi connectivity index (χ0) is 22.2. The molecule has 0 saturated carbocycles. The number of halogens is 1. The average molecular weight is 471 g/mol. The van der Waals surface area contributed by atoms with Gasteiger partial charge in [-0.1, -0.05) is 18.2 Å². The Morgan fingerprint density at radius 3 is 2.36 bits per heavy atom. The number of amides is 2. The topological polar surface area (TPSA) is 92.4 Å². The van der Waals surface area contributed by atoms with Crippen molar-refractivity contribution in [1.29, 1.82) is 0 Å². The van der Waals surface area contributed by atoms with Crippen LogP contribution in [0.15, 0.2) is 60.4 Å². The predicted molar refractivity (Wildman–Crippen MR) is 132 cm³/mol. The molecule has 1 aliphatic heterocycles. The Labute approximate surface area is 200 Å². The Hall–Kier alpha value is -2.90. The van der Waals surface area contributed by atoms with Crippen LogP contribution in [0.3, 0.4) is 0 Å². The summed E-state index contributed by atoms with van der Waals surface area (Å²) >= 11 is 0. The molecule has 176 valence electrons. The first-order chi connectivity index (χ1) is 15.7. The number of nitrogens with zero attached hydrogens (tertiary/aromatic N) is 1. The van der Waals surface area contributed by atoms with Gasteiger partial charge in [-0.3, -0.25) is 15.1 Å². The second-order valence-electron chi connectivity index (χ2n) is 8.29. The fraction of sp³-hybridized carbons (Fsp3) is 0.400. The van der Waals surface area contributed by atoms with Crippen molar-refractivity contribution in [2.75, 3.05) is 23.7 Å². The first kappa shape index (κ1) is 24.7. The summed E-state index contributed by atoms with van der Waals surface area (Å²) in [5.74, 6) is 0.120. The van der Waals surface area contributed by atoms with Crippen LogP contribution in [0, 0.1) is 5.92 Å². The maximum atomic E-state index is 12.9. The summed E-state index contributed by atoms with van der Waals surface area (Å²) in [6.07, 6.45) is 10.3. The molecule has 8 heteroatoms. The number of hydrogen-bond acceptors (Lipinski definition) is 5. The molecule has 1 unspecified atom stereocenters. The van der Waals surface area contributed by atoms with E-state index in [4.69, 9.17) is 4.74 Å². The van der Waals surface area contributed by atoms with Gasteiger partial charge < -0.3 is 15.4 Å². The average Bonchev–Trinajstić information content (AvgIpc) is 2.85. The highest BCUT2D eigenvalue weighted by atomic mass is 35.5. The van der Waals surface area contributed by atoms with Gasteiger partial charge in [0.1, 0.15) is 6.10 Å². The van der Waals surface area contributed by atoms with Gasteiger partial charge in [-0.15, -0.1) is 12.4 Å². The van der Waals surface area contributed by atoms with Gasteiger partial charge >= 0.3 is 6.09 Å². The van der Waals surface area contributed by atoms with Crippen LogP contribution < -0.4 is 16.0 Å². The largest absolute Gasteiger partial charge is 0.441 e. The van der Waals surface area contributed by atoms with Gasteiger partial charge in [0, 0.05) is 23.9 Å². The SMILES string of the molecule is Cl.O=C(Nc1ccccc1NC(=O)C1=CCCCC1)OC(c1ccncc1)C1CCNCC1. The summed E-state index contributed by atoms with van der Waals surface area (Å²) in [6.45, 7) is 1.81. The third kappa shape index (κ3) is 6.79. The number of hydrogen-bond donors (Lipinski definition) is 3. The first-order valence-corrected chi connectivity index (χ1v) is 11.4. The zero-order valence-corrected chi connectivity index (χ0v) is 19.4. The number of benzene rings is 1. The number of allylic oxidation sites excluding steroid dienone is 1. The van der Waals surface area contributed by atoms with Crippen LogP contribution in [0.5, 0.6) is 0 Å². The van der Waals surface area contributed by atoms with E-state index in [0.717, 1.165) is 62.8 Å². The molecule has 0 radical (unpaired) electrons. The molecule has 3 N–H and O–H groups in total. The standard InChI is InChI=1S/C25H30N4O3.ClH/c30-24(20-6-2-1-3-7-20)28-21-8-4-5-9-22(21)29-25(31)32-23(18-10-14-26-15-11-18)19-12-16-27-17-13-19;/h4-6,8-11,14-15,19,23,27H,1-3,7,12-13,16-17H2,(H,28,30)(H,29,31);1H. The number of nitrogens with one attached hydrogen (secondary N) is 3. The minimum atomic E-state index is -0.538. The molecular formula is C25H31ClN4O3. The lowest BCUT2D eigenvalue weighted by atomic mass is 9.88. The Bertz CT molecular complexity index is 961. The molecule has 2 heterocycles. The van der Waals surface area contributed by atoms with Crippen molar-refractivity contribution in [2.45, 2.75) is 44.6 Å². The molecule has 1 aromatic carbocycles. The van der Waals surface area contributed by atoms with Gasteiger partial charge in [0.05, 0.1) is 11.4 Å². The molecule has 1 aromatic heterocycles. The summed E-state index contributed by atoms with van der Waals surface area (Å²) in [4.78, 5) is 29.6. The van der Waals surface area contributed by atoms with E-state index in [2.05, 4.69) is 20.9 Å². The molecule has 0 spiro atoms. The van der Waals surface area contributed by atoms with Crippen LogP contribution in [0.1, 0.15) is 50.2 Å². The highest BCUT2D eigenvalue weighted by Crippen LogP contribution is 2.33. The first-order valence-electron chi connectivity index (χ1n) is 11.4. The number of anilines is 2. The zero-order valence-electron chi connectivity index (χ0n) is 18.6. The highest BCUT2D eigenvalue weighted by molar-refractivity contribution is 6.06. The molecule has 0 bridgehead atoms. The van der Waals surface area contributed by atoms with Crippen LogP contribution in [0.25, 0.3) is 0 Å². The number of rotatable bonds is 6. The van der Waals surface area contributed by atoms with Gasteiger partial charge in [-0.05, 0) is 81.4 Å². The molecule has 2 aliphatic rings. The number of carbonyl (C=O) groups is 2. The molecule has 2 aromatic rings. The van der Waals surface area contributed by atoms with E-state index in [0.29, 0.717) is 11.4 Å². The van der Waals surface area contributed by atoms with Crippen molar-refractivity contribution in [2.24, 2.45) is 5.92 Å². The summed E-state index contributed by atoms with van der Waals surface area (Å²) in [5, 5.41) is 9.13. The molecule has 2 amide bonds. The number of ether oxygens (including phenoxy) is 1. The Morgan fingerprint density at radius 1 is 1.00 bits per heavy atom. The number of carbonyl (C=O) groups excluding carboxylic acids is 2. The van der Waals surface area contributed by atoms with Gasteiger partial charge in [0.25, 0.3) is 5.91 Å². The van der Waals surface area contributed by atoms with Crippen molar-refractivity contribution in [3.05, 3.63) is 66.0 Å². The Kier molecular flexibility index (Phi) is 9.27. The number of piperidine rings is 1. The van der Waals surface area contributed by atoms with Crippen LogP contribution in [0.4, 0.5) is 16.2 Å². The summed E-state index contributed by atoms with van der Waals surface area (Å²) < 4.78 is 5.93. The Balaban J connectivity index is 0.00000306. The summed E-state index contributed by atoms with van der Waals surface area (Å²) in [5.41, 5.74) is 2.81. The maximum absolute atomic E-state index is 12.9. The molecule has 33 heavy (non-hydrogen) atoms. The van der Waals surface area contributed by atoms with Crippen LogP contribution in [-0.2, 0) is 9.53 Å². The van der Waals surface area contributed by atoms with E-state index >= 15 is 0 Å². The lowest BCUT2D eigenvalue weighted by Gasteiger charge is -2.30. The lowest BCUT2D eigenvalue weighted by molar-refractivity contribution is -0.113. The van der Waals surface area contributed by atoms with E-state index in [1.165, 1.54) is 0 Å². The van der Waals surface area contributed by atoms with Crippen molar-refractivity contribution in [1.82, 2.24) is 10.3 Å². The van der Waals surface area contributed by atoms with E-state index in [1.807, 2.05) is 30.3 Å². The molecule has 1 aliphatic carbocycles. The third-order valence-corrected chi connectivity index (χ3v) is 6.08. The Morgan fingerprint density at radius 2 is 1.70 bits per heavy atom. The minimum Gasteiger partial charge on any atom is -0.441 e. The third-order valence-electron chi connectivity index (χ3n) is 6.08. The second kappa shape index (κ2) is 12.4.